The number of hydrogen-bond donors (Lipinski definition) is 2. The minimum Gasteiger partial charge on any atom is -0.393 e. The highest BCUT2D eigenvalue weighted by Gasteiger charge is 2.68. The minimum absolute atomic E-state index is 0.0300. The molecule has 2 N–H and O–H groups in total. The third-order valence-electron chi connectivity index (χ3n) is 8.64. The predicted molar refractivity (Wildman–Crippen MR) is 123 cm³/mol. The van der Waals surface area contributed by atoms with Gasteiger partial charge in [0.05, 0.1) is 6.10 Å². The number of aliphatic hydroxyl groups is 2. The van der Waals surface area contributed by atoms with E-state index in [0.29, 0.717) is 12.3 Å². The molecule has 0 unspecified atom stereocenters. The van der Waals surface area contributed by atoms with Crippen LogP contribution in [0.25, 0.3) is 0 Å². The Labute approximate surface area is 203 Å². The average molecular weight is 507 g/mol. The predicted octanol–water partition coefficient (Wildman–Crippen LogP) is 7.59. The first-order valence-electron chi connectivity index (χ1n) is 12.4. The van der Waals surface area contributed by atoms with Crippen LogP contribution in [0.5, 0.6) is 0 Å². The first kappa shape index (κ1) is 28.0. The van der Waals surface area contributed by atoms with Gasteiger partial charge in [-0.2, -0.15) is 26.3 Å². The maximum Gasteiger partial charge on any atom is 0.429 e. The van der Waals surface area contributed by atoms with Crippen LogP contribution in [0, 0.1) is 23.2 Å². The lowest BCUT2D eigenvalue weighted by Gasteiger charge is -2.44. The topological polar surface area (TPSA) is 40.5 Å². The van der Waals surface area contributed by atoms with Crippen LogP contribution in [0.1, 0.15) is 71.6 Å². The average Bonchev–Trinajstić information content (AvgIpc) is 3.10. The van der Waals surface area contributed by atoms with E-state index in [4.69, 9.17) is 0 Å². The van der Waals surface area contributed by atoms with Gasteiger partial charge in [-0.1, -0.05) is 49.8 Å². The summed E-state index contributed by atoms with van der Waals surface area (Å²) in [5.74, 6) is 0.344. The standard InChI is InChI=1S/C27H36F6O2/c1-17-8-11-21(34)16-20(17)10-9-19-7-5-14-24(3)22(12-13-23(19)24)18(2)6-4-15-25(35,26(28,29)30)27(31,32)33/h4,9-10,15,18,21-23,34-35H,1,5-8,11-14,16H2,2-3H3/b15-4+,19-9+,20-10-/t18-,21+,22-,23+,24-/m1/s1. The lowest BCUT2D eigenvalue weighted by Crippen LogP contribution is -2.55. The Morgan fingerprint density at radius 1 is 1.06 bits per heavy atom. The lowest BCUT2D eigenvalue weighted by atomic mass is 9.61. The van der Waals surface area contributed by atoms with Crippen molar-refractivity contribution < 1.29 is 36.6 Å². The van der Waals surface area contributed by atoms with Gasteiger partial charge in [-0.15, -0.1) is 0 Å². The summed E-state index contributed by atoms with van der Waals surface area (Å²) in [5, 5.41) is 19.3. The van der Waals surface area contributed by atoms with E-state index >= 15 is 0 Å². The molecule has 3 rings (SSSR count). The van der Waals surface area contributed by atoms with Gasteiger partial charge in [0.1, 0.15) is 0 Å². The molecule has 0 amide bonds. The van der Waals surface area contributed by atoms with E-state index in [0.717, 1.165) is 62.2 Å². The number of alkyl halides is 6. The number of allylic oxidation sites excluding steroid dienone is 5. The van der Waals surface area contributed by atoms with E-state index in [9.17, 15) is 36.6 Å². The summed E-state index contributed by atoms with van der Waals surface area (Å²) in [6, 6.07) is 0. The van der Waals surface area contributed by atoms with Crippen molar-refractivity contribution in [2.75, 3.05) is 0 Å². The Bertz CT molecular complexity index is 867. The molecule has 0 saturated heterocycles. The summed E-state index contributed by atoms with van der Waals surface area (Å²) >= 11 is 0. The molecule has 3 aliphatic carbocycles. The van der Waals surface area contributed by atoms with Crippen molar-refractivity contribution >= 4 is 0 Å². The van der Waals surface area contributed by atoms with Crippen molar-refractivity contribution in [3.63, 3.8) is 0 Å². The molecule has 3 aliphatic rings. The van der Waals surface area contributed by atoms with Gasteiger partial charge in [0, 0.05) is 0 Å². The molecule has 198 valence electrons. The van der Waals surface area contributed by atoms with Crippen molar-refractivity contribution in [1.82, 2.24) is 0 Å². The van der Waals surface area contributed by atoms with Gasteiger partial charge < -0.3 is 10.2 Å². The number of halogens is 6. The van der Waals surface area contributed by atoms with Crippen LogP contribution < -0.4 is 0 Å². The van der Waals surface area contributed by atoms with Crippen molar-refractivity contribution in [3.8, 4) is 0 Å². The van der Waals surface area contributed by atoms with Crippen LogP contribution in [-0.4, -0.2) is 34.3 Å². The third kappa shape index (κ3) is 5.58. The van der Waals surface area contributed by atoms with E-state index in [2.05, 4.69) is 25.7 Å². The second-order valence-electron chi connectivity index (χ2n) is 10.9. The van der Waals surface area contributed by atoms with Crippen molar-refractivity contribution in [3.05, 3.63) is 47.6 Å². The Hall–Kier alpha value is -1.54. The molecule has 0 aromatic carbocycles. The zero-order valence-electron chi connectivity index (χ0n) is 20.4. The van der Waals surface area contributed by atoms with Gasteiger partial charge in [-0.25, -0.2) is 0 Å². The third-order valence-corrected chi connectivity index (χ3v) is 8.64. The highest BCUT2D eigenvalue weighted by molar-refractivity contribution is 5.36. The number of fused-ring (bicyclic) bond motifs is 1. The molecule has 0 heterocycles. The zero-order chi connectivity index (χ0) is 26.2. The maximum absolute atomic E-state index is 13.0. The zero-order valence-corrected chi connectivity index (χ0v) is 20.4. The molecule has 0 radical (unpaired) electrons. The summed E-state index contributed by atoms with van der Waals surface area (Å²) in [6.45, 7) is 8.18. The van der Waals surface area contributed by atoms with Gasteiger partial charge in [-0.05, 0) is 92.6 Å². The summed E-state index contributed by atoms with van der Waals surface area (Å²) in [4.78, 5) is 0. The largest absolute Gasteiger partial charge is 0.429 e. The molecule has 0 aromatic heterocycles. The van der Waals surface area contributed by atoms with Gasteiger partial charge in [-0.3, -0.25) is 0 Å². The molecule has 0 bridgehead atoms. The number of hydrogen-bond acceptors (Lipinski definition) is 2. The molecule has 0 aliphatic heterocycles. The van der Waals surface area contributed by atoms with Crippen molar-refractivity contribution in [2.24, 2.45) is 23.2 Å². The SMILES string of the molecule is C=C1CC[C@H](O)C/C1=C/C=C1\CCC[C@]2(C)[C@@H]([C@H](C)C/C=C/C(O)(C(F)(F)F)C(F)(F)F)CC[C@@H]12. The first-order valence-corrected chi connectivity index (χ1v) is 12.4. The molecule has 8 heteroatoms. The maximum atomic E-state index is 13.0. The van der Waals surface area contributed by atoms with Crippen LogP contribution in [0.4, 0.5) is 26.3 Å². The monoisotopic (exact) mass is 506 g/mol. The second-order valence-corrected chi connectivity index (χ2v) is 10.9. The fraction of sp³-hybridized carbons (Fsp3) is 0.704. The van der Waals surface area contributed by atoms with Crippen LogP contribution in [0.15, 0.2) is 47.6 Å². The first-order chi connectivity index (χ1) is 16.1. The van der Waals surface area contributed by atoms with Gasteiger partial charge in [0.2, 0.25) is 0 Å². The molecule has 3 fully saturated rings. The lowest BCUT2D eigenvalue weighted by molar-refractivity contribution is -0.347. The Balaban J connectivity index is 1.74. The molecular weight excluding hydrogens is 470 g/mol. The molecule has 3 saturated carbocycles. The quantitative estimate of drug-likeness (QED) is 0.298. The summed E-state index contributed by atoms with van der Waals surface area (Å²) in [7, 11) is 0. The molecule has 2 nitrogen and oxygen atoms in total. The minimum atomic E-state index is -5.84. The molecular formula is C27H36F6O2. The molecule has 35 heavy (non-hydrogen) atoms. The summed E-state index contributed by atoms with van der Waals surface area (Å²) in [6.07, 6.45) is -0.274. The number of aliphatic hydroxyl groups excluding tert-OH is 1. The Morgan fingerprint density at radius 2 is 1.71 bits per heavy atom. The fourth-order valence-corrected chi connectivity index (χ4v) is 6.58. The number of rotatable bonds is 5. The highest BCUT2D eigenvalue weighted by atomic mass is 19.4. The van der Waals surface area contributed by atoms with E-state index in [-0.39, 0.29) is 35.9 Å². The van der Waals surface area contributed by atoms with E-state index in [1.807, 2.05) is 6.92 Å². The van der Waals surface area contributed by atoms with Crippen LogP contribution in [-0.2, 0) is 0 Å². The van der Waals surface area contributed by atoms with E-state index < -0.39 is 18.0 Å². The normalized spacial score (nSPS) is 34.1. The summed E-state index contributed by atoms with van der Waals surface area (Å²) < 4.78 is 77.7. The fourth-order valence-electron chi connectivity index (χ4n) is 6.58. The van der Waals surface area contributed by atoms with Crippen LogP contribution in [0.2, 0.25) is 0 Å². The smallest absolute Gasteiger partial charge is 0.393 e. The van der Waals surface area contributed by atoms with Gasteiger partial charge >= 0.3 is 12.4 Å². The van der Waals surface area contributed by atoms with Gasteiger partial charge in [0.15, 0.2) is 0 Å². The second kappa shape index (κ2) is 10.1. The highest BCUT2D eigenvalue weighted by Crippen LogP contribution is 2.60. The Kier molecular flexibility index (Phi) is 8.07. The molecule has 0 spiro atoms. The summed E-state index contributed by atoms with van der Waals surface area (Å²) in [5.41, 5.74) is -1.48. The van der Waals surface area contributed by atoms with Crippen molar-refractivity contribution in [1.29, 1.82) is 0 Å². The van der Waals surface area contributed by atoms with Crippen LogP contribution in [0.3, 0.4) is 0 Å². The Morgan fingerprint density at radius 3 is 2.34 bits per heavy atom. The van der Waals surface area contributed by atoms with E-state index in [1.165, 1.54) is 5.57 Å². The van der Waals surface area contributed by atoms with Crippen molar-refractivity contribution in [2.45, 2.75) is 95.7 Å². The van der Waals surface area contributed by atoms with E-state index in [1.54, 1.807) is 0 Å². The molecule has 0 aromatic rings. The molecule has 5 atom stereocenters. The van der Waals surface area contributed by atoms with Gasteiger partial charge in [0.25, 0.3) is 5.60 Å². The van der Waals surface area contributed by atoms with Crippen LogP contribution >= 0.6 is 0 Å².